The van der Waals surface area contributed by atoms with Crippen molar-refractivity contribution in [2.24, 2.45) is 0 Å². The number of carbonyl (C=O) groups is 1. The van der Waals surface area contributed by atoms with Crippen LogP contribution in [0.3, 0.4) is 0 Å². The molecular formula is C24H34N2O9. The predicted molar refractivity (Wildman–Crippen MR) is 123 cm³/mol. The number of methoxy groups -OCH3 is 1. The first kappa shape index (κ1) is 26.9. The Bertz CT molecular complexity index is 1010. The lowest BCUT2D eigenvalue weighted by Crippen LogP contribution is -2.67. The predicted octanol–water partition coefficient (Wildman–Crippen LogP) is 0.484. The van der Waals surface area contributed by atoms with Gasteiger partial charge in [-0.25, -0.2) is 4.79 Å². The number of aromatic nitrogens is 2. The lowest BCUT2D eigenvalue weighted by Gasteiger charge is -2.42. The minimum Gasteiger partial charge on any atom is -0.497 e. The number of nitrogens with zero attached hydrogens (tertiary/aromatic N) is 2. The molecule has 2 heterocycles. The van der Waals surface area contributed by atoms with Gasteiger partial charge in [-0.15, -0.1) is 5.10 Å². The Morgan fingerprint density at radius 1 is 1.29 bits per heavy atom. The zero-order valence-corrected chi connectivity index (χ0v) is 20.5. The third kappa shape index (κ3) is 5.44. The van der Waals surface area contributed by atoms with Crippen molar-refractivity contribution in [3.63, 3.8) is 0 Å². The van der Waals surface area contributed by atoms with Crippen molar-refractivity contribution in [2.45, 2.75) is 70.4 Å². The van der Waals surface area contributed by atoms with E-state index in [4.69, 9.17) is 18.9 Å². The molecule has 194 valence electrons. The average molecular weight is 495 g/mol. The fourth-order valence-corrected chi connectivity index (χ4v) is 4.01. The van der Waals surface area contributed by atoms with E-state index in [-0.39, 0.29) is 18.5 Å². The summed E-state index contributed by atoms with van der Waals surface area (Å²) in [5, 5.41) is 46.7. The smallest absolute Gasteiger partial charge is 0.343 e. The second-order valence-corrected chi connectivity index (χ2v) is 8.80. The van der Waals surface area contributed by atoms with Gasteiger partial charge in [0.05, 0.1) is 20.3 Å². The lowest BCUT2D eigenvalue weighted by atomic mass is 9.87. The molecule has 1 aliphatic heterocycles. The van der Waals surface area contributed by atoms with E-state index < -0.39 is 42.8 Å². The molecular weight excluding hydrogens is 460 g/mol. The van der Waals surface area contributed by atoms with Gasteiger partial charge in [0.15, 0.2) is 0 Å². The molecule has 5 atom stereocenters. The van der Waals surface area contributed by atoms with Gasteiger partial charge >= 0.3 is 5.97 Å². The van der Waals surface area contributed by atoms with Crippen molar-refractivity contribution in [3.05, 3.63) is 41.1 Å². The number of benzene rings is 1. The summed E-state index contributed by atoms with van der Waals surface area (Å²) in [7, 11) is 1.59. The zero-order valence-electron chi connectivity index (χ0n) is 20.5. The topological polar surface area (TPSA) is 153 Å². The van der Waals surface area contributed by atoms with Gasteiger partial charge in [0.1, 0.15) is 24.1 Å². The third-order valence-corrected chi connectivity index (χ3v) is 6.05. The molecule has 1 saturated heterocycles. The van der Waals surface area contributed by atoms with Crippen LogP contribution >= 0.6 is 0 Å². The average Bonchev–Trinajstić information content (AvgIpc) is 3.13. The first-order valence-corrected chi connectivity index (χ1v) is 11.5. The normalized spacial score (nSPS) is 25.4. The van der Waals surface area contributed by atoms with Crippen molar-refractivity contribution in [1.82, 2.24) is 9.78 Å². The summed E-state index contributed by atoms with van der Waals surface area (Å²) in [4.78, 5) is 12.1. The van der Waals surface area contributed by atoms with Crippen molar-refractivity contribution < 1.29 is 44.2 Å². The largest absolute Gasteiger partial charge is 0.497 e. The van der Waals surface area contributed by atoms with Crippen LogP contribution in [0.25, 0.3) is 0 Å². The highest BCUT2D eigenvalue weighted by molar-refractivity contribution is 5.80. The van der Waals surface area contributed by atoms with Crippen LogP contribution in [0.5, 0.6) is 11.6 Å². The summed E-state index contributed by atoms with van der Waals surface area (Å²) < 4.78 is 22.8. The number of ether oxygens (including phenoxy) is 4. The van der Waals surface area contributed by atoms with E-state index in [1.807, 2.05) is 45.0 Å². The number of rotatable bonds is 9. The number of hydrogen-bond acceptors (Lipinski definition) is 10. The molecule has 0 amide bonds. The molecule has 2 aromatic rings. The zero-order chi connectivity index (χ0) is 25.9. The number of hydrogen-bond donors (Lipinski definition) is 4. The molecule has 0 bridgehead atoms. The molecule has 0 aliphatic carbocycles. The van der Waals surface area contributed by atoms with Crippen molar-refractivity contribution in [1.29, 1.82) is 0 Å². The van der Waals surface area contributed by atoms with Crippen LogP contribution < -0.4 is 9.47 Å². The standard InChI is InChI=1S/C24H34N2O9/c1-6-33-23(30)24(31)12-34-19(18(27)20(24)28)22(29)35-21-17(14(4)26(25-21)13(2)3)11-15-7-9-16(32-5)10-8-15/h7-10,13,18-20,22,27-29,31H,6,11-12H2,1-5H3/t18-,19+,20+,22?,24+/m1/s1. The Labute approximate surface area is 203 Å². The second-order valence-electron chi connectivity index (χ2n) is 8.80. The first-order valence-electron chi connectivity index (χ1n) is 11.5. The summed E-state index contributed by atoms with van der Waals surface area (Å²) in [6.45, 7) is 6.60. The molecule has 1 aromatic heterocycles. The van der Waals surface area contributed by atoms with Gasteiger partial charge in [-0.3, -0.25) is 4.68 Å². The summed E-state index contributed by atoms with van der Waals surface area (Å²) in [5.74, 6) is -0.274. The van der Waals surface area contributed by atoms with Crippen molar-refractivity contribution in [3.8, 4) is 11.6 Å². The SMILES string of the molecule is CCOC(=O)[C@]1(O)CO[C@H](C(O)Oc2nn(C(C)C)c(C)c2Cc2ccc(OC)cc2)[C@@H](O)[C@@H]1O. The summed E-state index contributed by atoms with van der Waals surface area (Å²) >= 11 is 0. The minimum absolute atomic E-state index is 0.0111. The van der Waals surface area contributed by atoms with Crippen LogP contribution in [0.1, 0.15) is 43.6 Å². The van der Waals surface area contributed by atoms with Crippen molar-refractivity contribution >= 4 is 5.97 Å². The van der Waals surface area contributed by atoms with Gasteiger partial charge in [-0.2, -0.15) is 0 Å². The Balaban J connectivity index is 1.82. The van der Waals surface area contributed by atoms with Crippen LogP contribution in [-0.2, 0) is 20.7 Å². The molecule has 11 heteroatoms. The van der Waals surface area contributed by atoms with Crippen LogP contribution in [0.2, 0.25) is 0 Å². The van der Waals surface area contributed by atoms with E-state index in [1.165, 1.54) is 6.92 Å². The maximum atomic E-state index is 12.1. The molecule has 1 aromatic carbocycles. The Morgan fingerprint density at radius 2 is 1.94 bits per heavy atom. The van der Waals surface area contributed by atoms with E-state index in [0.717, 1.165) is 22.6 Å². The van der Waals surface area contributed by atoms with Crippen LogP contribution in [0.4, 0.5) is 0 Å². The van der Waals surface area contributed by atoms with Crippen molar-refractivity contribution in [2.75, 3.05) is 20.3 Å². The molecule has 11 nitrogen and oxygen atoms in total. The first-order chi connectivity index (χ1) is 16.5. The molecule has 3 rings (SSSR count). The molecule has 1 unspecified atom stereocenters. The summed E-state index contributed by atoms with van der Waals surface area (Å²) in [6, 6.07) is 7.51. The van der Waals surface area contributed by atoms with Gasteiger partial charge in [-0.1, -0.05) is 12.1 Å². The van der Waals surface area contributed by atoms with E-state index in [9.17, 15) is 25.2 Å². The molecule has 1 aliphatic rings. The molecule has 4 N–H and O–H groups in total. The molecule has 0 saturated carbocycles. The van der Waals surface area contributed by atoms with E-state index in [2.05, 4.69) is 5.10 Å². The fourth-order valence-electron chi connectivity index (χ4n) is 4.01. The quantitative estimate of drug-likeness (QED) is 0.286. The number of esters is 1. The highest BCUT2D eigenvalue weighted by Crippen LogP contribution is 2.31. The maximum Gasteiger partial charge on any atom is 0.343 e. The Kier molecular flexibility index (Phi) is 8.39. The summed E-state index contributed by atoms with van der Waals surface area (Å²) in [6.07, 6.45) is -6.57. The van der Waals surface area contributed by atoms with Gasteiger partial charge in [0.25, 0.3) is 0 Å². The van der Waals surface area contributed by atoms with E-state index >= 15 is 0 Å². The lowest BCUT2D eigenvalue weighted by molar-refractivity contribution is -0.272. The molecule has 0 radical (unpaired) electrons. The number of carbonyl (C=O) groups excluding carboxylic acids is 1. The second kappa shape index (κ2) is 10.9. The van der Waals surface area contributed by atoms with Gasteiger partial charge in [0, 0.05) is 23.7 Å². The van der Waals surface area contributed by atoms with Gasteiger partial charge in [-0.05, 0) is 45.4 Å². The molecule has 0 spiro atoms. The van der Waals surface area contributed by atoms with E-state index in [1.54, 1.807) is 11.8 Å². The van der Waals surface area contributed by atoms with Gasteiger partial charge in [0.2, 0.25) is 17.8 Å². The highest BCUT2D eigenvalue weighted by atomic mass is 16.6. The number of aliphatic hydroxyl groups is 4. The molecule has 1 fully saturated rings. The monoisotopic (exact) mass is 494 g/mol. The van der Waals surface area contributed by atoms with Crippen LogP contribution in [0.15, 0.2) is 24.3 Å². The maximum absolute atomic E-state index is 12.1. The number of aliphatic hydroxyl groups excluding tert-OH is 3. The third-order valence-electron chi connectivity index (χ3n) is 6.05. The van der Waals surface area contributed by atoms with Crippen LogP contribution in [-0.4, -0.2) is 86.7 Å². The summed E-state index contributed by atoms with van der Waals surface area (Å²) in [5.41, 5.74) is 0.0399. The van der Waals surface area contributed by atoms with Crippen LogP contribution in [0, 0.1) is 6.92 Å². The molecule has 35 heavy (non-hydrogen) atoms. The van der Waals surface area contributed by atoms with E-state index in [0.29, 0.717) is 6.42 Å². The Morgan fingerprint density at radius 3 is 2.51 bits per heavy atom. The van der Waals surface area contributed by atoms with Gasteiger partial charge < -0.3 is 39.4 Å². The fraction of sp³-hybridized carbons (Fsp3) is 0.583. The highest BCUT2D eigenvalue weighted by Gasteiger charge is 2.56. The minimum atomic E-state index is -2.47. The Hall–Kier alpha value is -2.70.